The fourth-order valence-electron chi connectivity index (χ4n) is 3.48. The van der Waals surface area contributed by atoms with E-state index in [1.54, 1.807) is 27.9 Å². The Morgan fingerprint density at radius 2 is 1.28 bits per heavy atom. The first-order valence-corrected chi connectivity index (χ1v) is 13.4. The van der Waals surface area contributed by atoms with E-state index in [9.17, 15) is 38.4 Å². The Kier molecular flexibility index (Phi) is 15.4. The van der Waals surface area contributed by atoms with Crippen molar-refractivity contribution < 1.29 is 57.3 Å². The van der Waals surface area contributed by atoms with E-state index in [-0.39, 0.29) is 86.7 Å². The summed E-state index contributed by atoms with van der Waals surface area (Å²) in [7, 11) is 3.14. The number of nitrogens with one attached hydrogen (secondary N) is 1. The lowest BCUT2D eigenvalue weighted by Gasteiger charge is -2.27. The molecule has 0 fully saturated rings. The van der Waals surface area contributed by atoms with Crippen molar-refractivity contribution in [2.75, 3.05) is 53.6 Å². The van der Waals surface area contributed by atoms with E-state index in [2.05, 4.69) is 14.8 Å². The number of halogens is 1. The van der Waals surface area contributed by atoms with E-state index < -0.39 is 47.9 Å². The summed E-state index contributed by atoms with van der Waals surface area (Å²) in [5.41, 5.74) is 6.45. The van der Waals surface area contributed by atoms with Crippen molar-refractivity contribution in [1.82, 2.24) is 15.1 Å². The van der Waals surface area contributed by atoms with Crippen LogP contribution in [-0.2, 0) is 57.3 Å². The zero-order valence-electron chi connectivity index (χ0n) is 24.3. The van der Waals surface area contributed by atoms with Crippen molar-refractivity contribution in [1.29, 1.82) is 0 Å². The first-order valence-electron chi connectivity index (χ1n) is 13.0. The fourth-order valence-corrected chi connectivity index (χ4v) is 3.59. The summed E-state index contributed by atoms with van der Waals surface area (Å²) < 4.78 is 19.0. The van der Waals surface area contributed by atoms with Gasteiger partial charge in [0.05, 0.1) is 50.3 Å². The highest BCUT2D eigenvalue weighted by Crippen LogP contribution is 2.18. The molecule has 3 amide bonds. The molecule has 0 aromatic carbocycles. The second-order valence-corrected chi connectivity index (χ2v) is 9.37. The Morgan fingerprint density at radius 3 is 1.86 bits per heavy atom. The summed E-state index contributed by atoms with van der Waals surface area (Å²) in [4.78, 5) is 94.1. The molecule has 2 heterocycles. The molecule has 0 spiro atoms. The van der Waals surface area contributed by atoms with Gasteiger partial charge in [-0.05, 0) is 25.4 Å². The molecule has 0 aromatic heterocycles. The SMILES string of the molecule is CCOC(=O)CC(=O)NC1=C(C(=O)OCC)CC(=O)N(C)C1.CN1CC(N)=C(C(=O)OCCOC(=O)CC(=O)Cl)CC1=O. The Morgan fingerprint density at radius 1 is 0.767 bits per heavy atom. The Hall–Kier alpha value is -4.47. The lowest BCUT2D eigenvalue weighted by molar-refractivity contribution is -0.151. The average molecular weight is 631 g/mol. The maximum Gasteiger partial charge on any atom is 0.336 e. The summed E-state index contributed by atoms with van der Waals surface area (Å²) in [5.74, 6) is -3.90. The Labute approximate surface area is 252 Å². The average Bonchev–Trinajstić information content (AvgIpc) is 2.90. The molecule has 17 heteroatoms. The van der Waals surface area contributed by atoms with E-state index in [0.717, 1.165) is 0 Å². The maximum absolute atomic E-state index is 11.9. The van der Waals surface area contributed by atoms with Crippen LogP contribution in [0, 0.1) is 0 Å². The molecule has 0 atom stereocenters. The molecule has 0 radical (unpaired) electrons. The van der Waals surface area contributed by atoms with Gasteiger partial charge in [0.2, 0.25) is 23.0 Å². The van der Waals surface area contributed by atoms with Crippen molar-refractivity contribution in [3.8, 4) is 0 Å². The minimum atomic E-state index is -0.834. The monoisotopic (exact) mass is 630 g/mol. The predicted molar refractivity (Wildman–Crippen MR) is 146 cm³/mol. The van der Waals surface area contributed by atoms with E-state index in [1.165, 1.54) is 9.80 Å². The predicted octanol–water partition coefficient (Wildman–Crippen LogP) is -0.962. The summed E-state index contributed by atoms with van der Waals surface area (Å²) in [6, 6.07) is 0. The molecule has 0 saturated carbocycles. The first-order chi connectivity index (χ1) is 20.2. The van der Waals surface area contributed by atoms with E-state index in [0.29, 0.717) is 0 Å². The molecule has 2 aliphatic heterocycles. The van der Waals surface area contributed by atoms with Crippen LogP contribution in [0.15, 0.2) is 22.5 Å². The van der Waals surface area contributed by atoms with Gasteiger partial charge in [0.1, 0.15) is 26.1 Å². The number of hydrogen-bond acceptors (Lipinski definition) is 13. The quantitative estimate of drug-likeness (QED) is 0.0873. The van der Waals surface area contributed by atoms with E-state index >= 15 is 0 Å². The van der Waals surface area contributed by atoms with Crippen molar-refractivity contribution in [2.24, 2.45) is 5.73 Å². The third-order valence-corrected chi connectivity index (χ3v) is 5.73. The van der Waals surface area contributed by atoms with Crippen molar-refractivity contribution in [3.05, 3.63) is 22.5 Å². The largest absolute Gasteiger partial charge is 0.466 e. The third-order valence-electron chi connectivity index (χ3n) is 5.59. The molecule has 0 bridgehead atoms. The third kappa shape index (κ3) is 12.9. The number of hydrogen-bond donors (Lipinski definition) is 2. The molecule has 2 aliphatic rings. The molecule has 16 nitrogen and oxygen atoms in total. The number of nitrogens with two attached hydrogens (primary N) is 1. The fraction of sp³-hybridized carbons (Fsp3) is 0.538. The Bertz CT molecular complexity index is 1200. The molecule has 2 rings (SSSR count). The van der Waals surface area contributed by atoms with Crippen LogP contribution >= 0.6 is 11.6 Å². The normalized spacial score (nSPS) is 14.8. The molecule has 3 N–H and O–H groups in total. The molecular weight excluding hydrogens is 596 g/mol. The summed E-state index contributed by atoms with van der Waals surface area (Å²) in [5, 5.41) is 1.66. The molecule has 43 heavy (non-hydrogen) atoms. The van der Waals surface area contributed by atoms with Crippen LogP contribution in [0.4, 0.5) is 0 Å². The number of likely N-dealkylation sites (N-methyl/N-ethyl adjacent to an activating group) is 2. The second-order valence-electron chi connectivity index (χ2n) is 8.95. The van der Waals surface area contributed by atoms with Crippen LogP contribution in [0.3, 0.4) is 0 Å². The number of carbonyl (C=O) groups excluding carboxylic acids is 8. The molecule has 0 unspecified atom stereocenters. The van der Waals surface area contributed by atoms with Gasteiger partial charge in [0.15, 0.2) is 0 Å². The highest BCUT2D eigenvalue weighted by atomic mass is 35.5. The summed E-state index contributed by atoms with van der Waals surface area (Å²) >= 11 is 5.00. The minimum Gasteiger partial charge on any atom is -0.466 e. The van der Waals surface area contributed by atoms with Gasteiger partial charge in [-0.1, -0.05) is 0 Å². The van der Waals surface area contributed by atoms with Crippen molar-refractivity contribution in [3.63, 3.8) is 0 Å². The number of carbonyl (C=O) groups is 8. The van der Waals surface area contributed by atoms with Gasteiger partial charge >= 0.3 is 23.9 Å². The zero-order valence-corrected chi connectivity index (χ0v) is 25.1. The molecule has 0 saturated heterocycles. The highest BCUT2D eigenvalue weighted by Gasteiger charge is 2.29. The van der Waals surface area contributed by atoms with Crippen molar-refractivity contribution in [2.45, 2.75) is 39.5 Å². The van der Waals surface area contributed by atoms with E-state index in [1.807, 2.05) is 0 Å². The standard InChI is InChI=1S/C14H20N2O6.C12H15ClN2O6/c1-4-21-13(19)7-11(17)15-10-8-16(3)12(18)6-9(10)14(20)22-5-2;1-15-6-8(14)7(4-10(15)17)12(19)21-3-2-20-11(18)5-9(13)16/h4-8H2,1-3H3,(H,15,17);2-6,14H2,1H3. The van der Waals surface area contributed by atoms with Gasteiger partial charge in [-0.15, -0.1) is 0 Å². The summed E-state index contributed by atoms with van der Waals surface area (Å²) in [6.07, 6.45) is -1.27. The first kappa shape index (κ1) is 36.6. The Balaban J connectivity index is 0.000000430. The number of amides is 3. The van der Waals surface area contributed by atoms with Gasteiger partial charge in [0, 0.05) is 25.5 Å². The van der Waals surface area contributed by atoms with Crippen LogP contribution in [0.5, 0.6) is 0 Å². The van der Waals surface area contributed by atoms with E-state index in [4.69, 9.17) is 26.8 Å². The lowest BCUT2D eigenvalue weighted by atomic mass is 10.0. The summed E-state index contributed by atoms with van der Waals surface area (Å²) in [6.45, 7) is 3.44. The van der Waals surface area contributed by atoms with Crippen LogP contribution < -0.4 is 11.1 Å². The van der Waals surface area contributed by atoms with Crippen LogP contribution in [0.1, 0.15) is 39.5 Å². The van der Waals surface area contributed by atoms with Gasteiger partial charge in [-0.2, -0.15) is 0 Å². The van der Waals surface area contributed by atoms with Gasteiger partial charge in [-0.3, -0.25) is 28.8 Å². The van der Waals surface area contributed by atoms with Gasteiger partial charge < -0.3 is 39.8 Å². The smallest absolute Gasteiger partial charge is 0.336 e. The molecular formula is C26H35ClN4O12. The maximum atomic E-state index is 11.9. The number of esters is 4. The lowest BCUT2D eigenvalue weighted by Crippen LogP contribution is -2.41. The second kappa shape index (κ2) is 18.1. The molecule has 0 aromatic rings. The van der Waals surface area contributed by atoms with Gasteiger partial charge in [0.25, 0.3) is 0 Å². The molecule has 0 aliphatic carbocycles. The van der Waals surface area contributed by atoms with Crippen LogP contribution in [0.25, 0.3) is 0 Å². The highest BCUT2D eigenvalue weighted by molar-refractivity contribution is 6.64. The van der Waals surface area contributed by atoms with Crippen LogP contribution in [-0.4, -0.2) is 110 Å². The van der Waals surface area contributed by atoms with Gasteiger partial charge in [-0.25, -0.2) is 9.59 Å². The minimum absolute atomic E-state index is 0.0710. The zero-order chi connectivity index (χ0) is 32.7. The van der Waals surface area contributed by atoms with Crippen molar-refractivity contribution >= 4 is 58.4 Å². The van der Waals surface area contributed by atoms with Crippen LogP contribution in [0.2, 0.25) is 0 Å². The molecule has 238 valence electrons. The number of rotatable bonds is 12. The number of nitrogens with zero attached hydrogens (tertiary/aromatic N) is 2. The number of ether oxygens (including phenoxy) is 4. The topological polar surface area (TPSA) is 218 Å².